The summed E-state index contributed by atoms with van der Waals surface area (Å²) in [5.74, 6) is 1.78. The van der Waals surface area contributed by atoms with Crippen molar-refractivity contribution in [3.05, 3.63) is 54.0 Å². The lowest BCUT2D eigenvalue weighted by Crippen LogP contribution is -2.40. The number of likely N-dealkylation sites (tertiary alicyclic amines) is 1. The van der Waals surface area contributed by atoms with Crippen molar-refractivity contribution in [2.75, 3.05) is 26.7 Å². The third-order valence-electron chi connectivity index (χ3n) is 5.00. The molecule has 0 aliphatic carbocycles. The van der Waals surface area contributed by atoms with Gasteiger partial charge >= 0.3 is 0 Å². The number of furan rings is 1. The molecule has 0 spiro atoms. The Balaban J connectivity index is 1.64. The molecular weight excluding hydrogens is 328 g/mol. The number of carbonyl (C=O) groups excluding carboxylic acids is 1. The number of amides is 1. The average molecular weight is 356 g/mol. The van der Waals surface area contributed by atoms with Crippen molar-refractivity contribution in [2.45, 2.75) is 38.1 Å². The van der Waals surface area contributed by atoms with Gasteiger partial charge in [0.15, 0.2) is 0 Å². The van der Waals surface area contributed by atoms with Crippen LogP contribution in [-0.2, 0) is 11.2 Å². The fraction of sp³-hybridized carbons (Fsp3) is 0.476. The fourth-order valence-electron chi connectivity index (χ4n) is 3.60. The summed E-state index contributed by atoms with van der Waals surface area (Å²) in [6, 6.07) is 12.0. The van der Waals surface area contributed by atoms with Crippen LogP contribution in [0.5, 0.6) is 5.75 Å². The summed E-state index contributed by atoms with van der Waals surface area (Å²) in [5.41, 5.74) is 1.14. The number of carbonyl (C=O) groups is 1. The molecule has 0 saturated carbocycles. The van der Waals surface area contributed by atoms with Gasteiger partial charge in [0.05, 0.1) is 19.4 Å². The van der Waals surface area contributed by atoms with Crippen molar-refractivity contribution >= 4 is 5.91 Å². The van der Waals surface area contributed by atoms with Gasteiger partial charge in [-0.25, -0.2) is 0 Å². The van der Waals surface area contributed by atoms with E-state index in [0.29, 0.717) is 19.4 Å². The number of methoxy groups -OCH3 is 1. The zero-order valence-electron chi connectivity index (χ0n) is 15.4. The first kappa shape index (κ1) is 18.5. The van der Waals surface area contributed by atoms with Gasteiger partial charge in [-0.05, 0) is 44.1 Å². The van der Waals surface area contributed by atoms with Gasteiger partial charge in [-0.15, -0.1) is 0 Å². The molecule has 1 unspecified atom stereocenters. The van der Waals surface area contributed by atoms with E-state index >= 15 is 0 Å². The maximum atomic E-state index is 12.3. The van der Waals surface area contributed by atoms with Crippen molar-refractivity contribution in [2.24, 2.45) is 0 Å². The number of hydrogen-bond acceptors (Lipinski definition) is 4. The van der Waals surface area contributed by atoms with E-state index in [2.05, 4.69) is 16.3 Å². The third-order valence-corrected chi connectivity index (χ3v) is 5.00. The highest BCUT2D eigenvalue weighted by Crippen LogP contribution is 2.30. The molecule has 1 N–H and O–H groups in total. The summed E-state index contributed by atoms with van der Waals surface area (Å²) in [6.45, 7) is 2.72. The second-order valence-electron chi connectivity index (χ2n) is 6.74. The number of aryl methyl sites for hydroxylation is 1. The number of nitrogens with zero attached hydrogens (tertiary/aromatic N) is 1. The Labute approximate surface area is 155 Å². The molecule has 5 nitrogen and oxygen atoms in total. The van der Waals surface area contributed by atoms with Crippen LogP contribution < -0.4 is 10.1 Å². The molecule has 1 amide bonds. The summed E-state index contributed by atoms with van der Waals surface area (Å²) in [7, 11) is 1.70. The normalized spacial score (nSPS) is 16.2. The minimum atomic E-state index is 0.0540. The van der Waals surface area contributed by atoms with E-state index in [9.17, 15) is 4.79 Å². The summed E-state index contributed by atoms with van der Waals surface area (Å²) in [4.78, 5) is 14.8. The second-order valence-corrected chi connectivity index (χ2v) is 6.74. The molecule has 1 aliphatic rings. The van der Waals surface area contributed by atoms with Crippen LogP contribution in [0.15, 0.2) is 47.1 Å². The SMILES string of the molecule is COc1ccccc1C(CNC(=O)CCc1ccco1)N1CCCCC1. The Kier molecular flexibility index (Phi) is 6.72. The van der Waals surface area contributed by atoms with E-state index in [1.165, 1.54) is 19.3 Å². The topological polar surface area (TPSA) is 54.7 Å². The Morgan fingerprint density at radius 3 is 2.73 bits per heavy atom. The van der Waals surface area contributed by atoms with Gasteiger partial charge in [0.1, 0.15) is 11.5 Å². The summed E-state index contributed by atoms with van der Waals surface area (Å²) in [5, 5.41) is 3.11. The van der Waals surface area contributed by atoms with Crippen LogP contribution in [0.4, 0.5) is 0 Å². The van der Waals surface area contributed by atoms with Gasteiger partial charge < -0.3 is 14.5 Å². The standard InChI is InChI=1S/C21H28N2O3/c1-25-20-10-4-3-9-18(20)19(23-13-5-2-6-14-23)16-22-21(24)12-11-17-8-7-15-26-17/h3-4,7-10,15,19H,2,5-6,11-14,16H2,1H3,(H,22,24). The molecule has 1 atom stereocenters. The van der Waals surface area contributed by atoms with Gasteiger partial charge in [-0.1, -0.05) is 24.6 Å². The Hall–Kier alpha value is -2.27. The molecule has 3 rings (SSSR count). The number of rotatable bonds is 8. The Morgan fingerprint density at radius 2 is 2.00 bits per heavy atom. The first-order valence-electron chi connectivity index (χ1n) is 9.44. The largest absolute Gasteiger partial charge is 0.496 e. The van der Waals surface area contributed by atoms with Crippen LogP contribution in [0.1, 0.15) is 43.0 Å². The molecule has 0 bridgehead atoms. The molecule has 0 radical (unpaired) electrons. The summed E-state index contributed by atoms with van der Waals surface area (Å²) >= 11 is 0. The molecule has 2 aromatic rings. The molecule has 140 valence electrons. The van der Waals surface area contributed by atoms with E-state index in [1.54, 1.807) is 13.4 Å². The fourth-order valence-corrected chi connectivity index (χ4v) is 3.60. The van der Waals surface area contributed by atoms with Gasteiger partial charge in [0.25, 0.3) is 0 Å². The quantitative estimate of drug-likeness (QED) is 0.786. The number of nitrogens with one attached hydrogen (secondary N) is 1. The number of para-hydroxylation sites is 1. The maximum absolute atomic E-state index is 12.3. The molecular formula is C21H28N2O3. The minimum Gasteiger partial charge on any atom is -0.496 e. The molecule has 26 heavy (non-hydrogen) atoms. The lowest BCUT2D eigenvalue weighted by molar-refractivity contribution is -0.121. The van der Waals surface area contributed by atoms with E-state index in [-0.39, 0.29) is 11.9 Å². The number of ether oxygens (including phenoxy) is 1. The van der Waals surface area contributed by atoms with Crippen LogP contribution in [0.2, 0.25) is 0 Å². The molecule has 1 aliphatic heterocycles. The van der Waals surface area contributed by atoms with Crippen molar-refractivity contribution in [3.8, 4) is 5.75 Å². The highest BCUT2D eigenvalue weighted by Gasteiger charge is 2.25. The third kappa shape index (κ3) is 4.88. The maximum Gasteiger partial charge on any atom is 0.220 e. The van der Waals surface area contributed by atoms with Crippen LogP contribution in [-0.4, -0.2) is 37.6 Å². The smallest absolute Gasteiger partial charge is 0.220 e. The van der Waals surface area contributed by atoms with Crippen molar-refractivity contribution < 1.29 is 13.9 Å². The molecule has 1 fully saturated rings. The summed E-state index contributed by atoms with van der Waals surface area (Å²) < 4.78 is 10.9. The molecule has 5 heteroatoms. The van der Waals surface area contributed by atoms with Gasteiger partial charge in [-0.3, -0.25) is 9.69 Å². The second kappa shape index (κ2) is 9.43. The van der Waals surface area contributed by atoms with Gasteiger partial charge in [0.2, 0.25) is 5.91 Å². The van der Waals surface area contributed by atoms with Crippen molar-refractivity contribution in [1.29, 1.82) is 0 Å². The van der Waals surface area contributed by atoms with Crippen molar-refractivity contribution in [1.82, 2.24) is 10.2 Å². The zero-order chi connectivity index (χ0) is 18.2. The highest BCUT2D eigenvalue weighted by atomic mass is 16.5. The van der Waals surface area contributed by atoms with Crippen molar-refractivity contribution in [3.63, 3.8) is 0 Å². The van der Waals surface area contributed by atoms with E-state index < -0.39 is 0 Å². The molecule has 1 saturated heterocycles. The first-order valence-corrected chi connectivity index (χ1v) is 9.44. The van der Waals surface area contributed by atoms with E-state index in [0.717, 1.165) is 30.2 Å². The Morgan fingerprint density at radius 1 is 1.19 bits per heavy atom. The van der Waals surface area contributed by atoms with Crippen LogP contribution in [0.3, 0.4) is 0 Å². The number of benzene rings is 1. The Bertz CT molecular complexity index is 678. The monoisotopic (exact) mass is 356 g/mol. The molecule has 2 heterocycles. The van der Waals surface area contributed by atoms with Crippen LogP contribution in [0.25, 0.3) is 0 Å². The molecule has 1 aromatic carbocycles. The highest BCUT2D eigenvalue weighted by molar-refractivity contribution is 5.76. The lowest BCUT2D eigenvalue weighted by atomic mass is 10.0. The number of hydrogen-bond donors (Lipinski definition) is 1. The van der Waals surface area contributed by atoms with Gasteiger partial charge in [0, 0.05) is 24.9 Å². The zero-order valence-corrected chi connectivity index (χ0v) is 15.4. The molecule has 1 aromatic heterocycles. The predicted octanol–water partition coefficient (Wildman–Crippen LogP) is 3.56. The van der Waals surface area contributed by atoms with Gasteiger partial charge in [-0.2, -0.15) is 0 Å². The van der Waals surface area contributed by atoms with E-state index in [4.69, 9.17) is 9.15 Å². The number of piperidine rings is 1. The predicted molar refractivity (Wildman–Crippen MR) is 101 cm³/mol. The lowest BCUT2D eigenvalue weighted by Gasteiger charge is -2.35. The summed E-state index contributed by atoms with van der Waals surface area (Å²) in [6.07, 6.45) is 6.40. The average Bonchev–Trinajstić information content (AvgIpc) is 3.21. The van der Waals surface area contributed by atoms with Crippen LogP contribution in [0, 0.1) is 0 Å². The first-order chi connectivity index (χ1) is 12.8. The minimum absolute atomic E-state index is 0.0540. The van der Waals surface area contributed by atoms with E-state index in [1.807, 2.05) is 30.3 Å². The van der Waals surface area contributed by atoms with Crippen LogP contribution >= 0.6 is 0 Å².